The normalized spacial score (nSPS) is 12.4. The van der Waals surface area contributed by atoms with E-state index in [1.54, 1.807) is 18.2 Å². The Morgan fingerprint density at radius 2 is 1.90 bits per heavy atom. The minimum atomic E-state index is -0.288. The molecule has 112 valence electrons. The van der Waals surface area contributed by atoms with Crippen molar-refractivity contribution < 1.29 is 8.78 Å². The zero-order chi connectivity index (χ0) is 15.4. The Labute approximate surface area is 132 Å². The summed E-state index contributed by atoms with van der Waals surface area (Å²) in [5, 5.41) is 3.44. The smallest absolute Gasteiger partial charge is 0.137 e. The second kappa shape index (κ2) is 7.14. The molecule has 2 aromatic rings. The van der Waals surface area contributed by atoms with Crippen molar-refractivity contribution in [1.82, 2.24) is 5.32 Å². The van der Waals surface area contributed by atoms with E-state index in [2.05, 4.69) is 28.2 Å². The van der Waals surface area contributed by atoms with Gasteiger partial charge in [-0.05, 0) is 76.8 Å². The van der Waals surface area contributed by atoms with Gasteiger partial charge in [0.05, 0.1) is 10.5 Å². The van der Waals surface area contributed by atoms with Crippen molar-refractivity contribution in [3.8, 4) is 0 Å². The van der Waals surface area contributed by atoms with Crippen molar-refractivity contribution in [1.29, 1.82) is 0 Å². The molecule has 1 unspecified atom stereocenters. The van der Waals surface area contributed by atoms with E-state index < -0.39 is 0 Å². The zero-order valence-electron chi connectivity index (χ0n) is 12.1. The second-order valence-electron chi connectivity index (χ2n) is 5.06. The van der Waals surface area contributed by atoms with Gasteiger partial charge in [-0.2, -0.15) is 0 Å². The van der Waals surface area contributed by atoms with Gasteiger partial charge in [0.1, 0.15) is 11.6 Å². The van der Waals surface area contributed by atoms with Gasteiger partial charge in [0.2, 0.25) is 0 Å². The molecule has 0 aliphatic carbocycles. The molecule has 0 saturated heterocycles. The van der Waals surface area contributed by atoms with Crippen molar-refractivity contribution in [2.75, 3.05) is 6.54 Å². The lowest BCUT2D eigenvalue weighted by Gasteiger charge is -2.22. The van der Waals surface area contributed by atoms with Crippen LogP contribution in [-0.2, 0) is 0 Å². The Morgan fingerprint density at radius 3 is 2.52 bits per heavy atom. The molecule has 1 nitrogen and oxygen atoms in total. The maximum Gasteiger partial charge on any atom is 0.137 e. The van der Waals surface area contributed by atoms with Gasteiger partial charge in [-0.1, -0.05) is 19.1 Å². The number of rotatable bonds is 5. The minimum Gasteiger partial charge on any atom is -0.306 e. The van der Waals surface area contributed by atoms with Gasteiger partial charge in [0.15, 0.2) is 0 Å². The molecule has 0 aliphatic rings. The van der Waals surface area contributed by atoms with Crippen LogP contribution in [0.1, 0.15) is 36.1 Å². The Balaban J connectivity index is 2.44. The van der Waals surface area contributed by atoms with E-state index in [0.717, 1.165) is 29.7 Å². The summed E-state index contributed by atoms with van der Waals surface area (Å²) >= 11 is 3.22. The van der Waals surface area contributed by atoms with Gasteiger partial charge in [0, 0.05) is 0 Å². The molecule has 21 heavy (non-hydrogen) atoms. The highest BCUT2D eigenvalue weighted by atomic mass is 79.9. The van der Waals surface area contributed by atoms with Crippen LogP contribution in [-0.4, -0.2) is 6.54 Å². The summed E-state index contributed by atoms with van der Waals surface area (Å²) < 4.78 is 27.2. The Morgan fingerprint density at radius 1 is 1.14 bits per heavy atom. The van der Waals surface area contributed by atoms with Crippen molar-refractivity contribution in [3.63, 3.8) is 0 Å². The van der Waals surface area contributed by atoms with Crippen molar-refractivity contribution in [3.05, 3.63) is 69.2 Å². The molecule has 2 aromatic carbocycles. The molecule has 0 heterocycles. The average molecular weight is 354 g/mol. The lowest BCUT2D eigenvalue weighted by atomic mass is 9.94. The number of benzene rings is 2. The van der Waals surface area contributed by atoms with E-state index in [9.17, 15) is 8.78 Å². The van der Waals surface area contributed by atoms with Crippen LogP contribution < -0.4 is 5.32 Å². The first-order valence-corrected chi connectivity index (χ1v) is 7.76. The number of aryl methyl sites for hydroxylation is 1. The number of nitrogens with one attached hydrogen (secondary N) is 1. The fraction of sp³-hybridized carbons (Fsp3) is 0.294. The van der Waals surface area contributed by atoms with Crippen molar-refractivity contribution in [2.24, 2.45) is 0 Å². The molecular formula is C17H18BrF2N. The standard InChI is InChI=1S/C17H18BrF2N/c1-3-8-21-17(12-4-7-16(20)15(18)10-12)14-6-5-13(19)9-11(14)2/h4-7,9-10,17,21H,3,8H2,1-2H3. The first-order chi connectivity index (χ1) is 10.0. The highest BCUT2D eigenvalue weighted by Crippen LogP contribution is 2.28. The fourth-order valence-corrected chi connectivity index (χ4v) is 2.75. The summed E-state index contributed by atoms with van der Waals surface area (Å²) in [5.74, 6) is -0.533. The second-order valence-corrected chi connectivity index (χ2v) is 5.92. The van der Waals surface area contributed by atoms with E-state index in [4.69, 9.17) is 0 Å². The van der Waals surface area contributed by atoms with E-state index in [-0.39, 0.29) is 17.7 Å². The average Bonchev–Trinajstić information content (AvgIpc) is 2.44. The number of hydrogen-bond donors (Lipinski definition) is 1. The maximum atomic E-state index is 13.4. The van der Waals surface area contributed by atoms with E-state index in [0.29, 0.717) is 4.47 Å². The van der Waals surface area contributed by atoms with Crippen LogP contribution in [0.2, 0.25) is 0 Å². The molecule has 1 atom stereocenters. The van der Waals surface area contributed by atoms with Crippen LogP contribution in [0.4, 0.5) is 8.78 Å². The first-order valence-electron chi connectivity index (χ1n) is 6.97. The predicted molar refractivity (Wildman–Crippen MR) is 85.4 cm³/mol. The van der Waals surface area contributed by atoms with Gasteiger partial charge >= 0.3 is 0 Å². The predicted octanol–water partition coefficient (Wildman–Crippen LogP) is 5.12. The molecule has 4 heteroatoms. The molecule has 0 saturated carbocycles. The Kier molecular flexibility index (Phi) is 5.48. The van der Waals surface area contributed by atoms with Gasteiger partial charge in [-0.3, -0.25) is 0 Å². The van der Waals surface area contributed by atoms with E-state index in [1.165, 1.54) is 18.2 Å². The molecule has 1 N–H and O–H groups in total. The summed E-state index contributed by atoms with van der Waals surface area (Å²) in [6, 6.07) is 9.66. The molecular weight excluding hydrogens is 336 g/mol. The van der Waals surface area contributed by atoms with Crippen LogP contribution in [0.3, 0.4) is 0 Å². The quantitative estimate of drug-likeness (QED) is 0.785. The molecule has 0 spiro atoms. The lowest BCUT2D eigenvalue weighted by molar-refractivity contribution is 0.584. The zero-order valence-corrected chi connectivity index (χ0v) is 13.7. The summed E-state index contributed by atoms with van der Waals surface area (Å²) in [7, 11) is 0. The highest BCUT2D eigenvalue weighted by Gasteiger charge is 2.17. The van der Waals surface area contributed by atoms with Gasteiger partial charge in [0.25, 0.3) is 0 Å². The van der Waals surface area contributed by atoms with Crippen LogP contribution >= 0.6 is 15.9 Å². The third-order valence-electron chi connectivity index (χ3n) is 3.42. The van der Waals surface area contributed by atoms with E-state index in [1.807, 2.05) is 6.92 Å². The van der Waals surface area contributed by atoms with Crippen LogP contribution in [0.5, 0.6) is 0 Å². The number of halogens is 3. The Bertz CT molecular complexity index is 628. The molecule has 0 aliphatic heterocycles. The monoisotopic (exact) mass is 353 g/mol. The van der Waals surface area contributed by atoms with Crippen molar-refractivity contribution >= 4 is 15.9 Å². The largest absolute Gasteiger partial charge is 0.306 e. The summed E-state index contributed by atoms with van der Waals surface area (Å²) in [4.78, 5) is 0. The van der Waals surface area contributed by atoms with Crippen LogP contribution in [0, 0.1) is 18.6 Å². The SMILES string of the molecule is CCCNC(c1ccc(F)c(Br)c1)c1ccc(F)cc1C. The topological polar surface area (TPSA) is 12.0 Å². The maximum absolute atomic E-state index is 13.4. The van der Waals surface area contributed by atoms with Gasteiger partial charge < -0.3 is 5.32 Å². The highest BCUT2D eigenvalue weighted by molar-refractivity contribution is 9.10. The summed E-state index contributed by atoms with van der Waals surface area (Å²) in [6.45, 7) is 4.80. The Hall–Kier alpha value is -1.26. The summed E-state index contributed by atoms with van der Waals surface area (Å²) in [5.41, 5.74) is 2.83. The van der Waals surface area contributed by atoms with Gasteiger partial charge in [-0.25, -0.2) is 8.78 Å². The molecule has 0 fully saturated rings. The first kappa shape index (κ1) is 16.1. The molecule has 0 bridgehead atoms. The molecule has 0 amide bonds. The minimum absolute atomic E-state index is 0.0811. The summed E-state index contributed by atoms with van der Waals surface area (Å²) in [6.07, 6.45) is 0.985. The third kappa shape index (κ3) is 3.89. The molecule has 0 radical (unpaired) electrons. The number of hydrogen-bond acceptors (Lipinski definition) is 1. The fourth-order valence-electron chi connectivity index (χ4n) is 2.35. The van der Waals surface area contributed by atoms with Crippen LogP contribution in [0.15, 0.2) is 40.9 Å². The molecule has 2 rings (SSSR count). The third-order valence-corrected chi connectivity index (χ3v) is 4.03. The van der Waals surface area contributed by atoms with Crippen molar-refractivity contribution in [2.45, 2.75) is 26.3 Å². The van der Waals surface area contributed by atoms with Gasteiger partial charge in [-0.15, -0.1) is 0 Å². The van der Waals surface area contributed by atoms with Crippen LogP contribution in [0.25, 0.3) is 0 Å². The lowest BCUT2D eigenvalue weighted by Crippen LogP contribution is -2.24. The van der Waals surface area contributed by atoms with E-state index >= 15 is 0 Å². The molecule has 0 aromatic heterocycles.